The fourth-order valence-electron chi connectivity index (χ4n) is 2.36. The van der Waals surface area contributed by atoms with Crippen LogP contribution in [0.15, 0.2) is 26.0 Å². The van der Waals surface area contributed by atoms with E-state index in [0.29, 0.717) is 16.9 Å². The lowest BCUT2D eigenvalue weighted by atomic mass is 10.1. The van der Waals surface area contributed by atoms with Crippen LogP contribution in [-0.2, 0) is 10.0 Å². The van der Waals surface area contributed by atoms with Gasteiger partial charge in [0.25, 0.3) is 0 Å². The molecule has 1 aromatic rings. The van der Waals surface area contributed by atoms with Crippen LogP contribution in [0, 0.1) is 5.92 Å². The minimum atomic E-state index is -3.60. The first-order chi connectivity index (χ1) is 9.29. The predicted molar refractivity (Wildman–Crippen MR) is 87.0 cm³/mol. The summed E-state index contributed by atoms with van der Waals surface area (Å²) >= 11 is 6.54. The molecule has 0 saturated carbocycles. The highest BCUT2D eigenvalue weighted by molar-refractivity contribution is 9.11. The van der Waals surface area contributed by atoms with Crippen LogP contribution in [-0.4, -0.2) is 40.0 Å². The number of nitrogens with two attached hydrogens (primary N) is 1. The monoisotopic (exact) mass is 425 g/mol. The van der Waals surface area contributed by atoms with E-state index in [1.54, 1.807) is 12.1 Å². The number of nitrogens with one attached hydrogen (secondary N) is 1. The van der Waals surface area contributed by atoms with Crippen molar-refractivity contribution in [2.24, 2.45) is 5.92 Å². The zero-order chi connectivity index (χ0) is 14.9. The van der Waals surface area contributed by atoms with Gasteiger partial charge in [0, 0.05) is 22.0 Å². The van der Waals surface area contributed by atoms with Gasteiger partial charge in [0.2, 0.25) is 10.0 Å². The number of rotatable bonds is 4. The van der Waals surface area contributed by atoms with Crippen LogP contribution in [0.1, 0.15) is 6.42 Å². The second kappa shape index (κ2) is 6.31. The first-order valence-corrected chi connectivity index (χ1v) is 9.29. The van der Waals surface area contributed by atoms with Gasteiger partial charge in [0.05, 0.1) is 5.69 Å². The SMILES string of the molecule is CN1CCC(CNS(=O)(=O)c2c(N)cc(Br)cc2Br)C1. The number of hydrogen-bond donors (Lipinski definition) is 2. The Morgan fingerprint density at radius 3 is 2.70 bits per heavy atom. The molecule has 0 aliphatic carbocycles. The van der Waals surface area contributed by atoms with Crippen molar-refractivity contribution < 1.29 is 8.42 Å². The van der Waals surface area contributed by atoms with Gasteiger partial charge in [0.15, 0.2) is 0 Å². The van der Waals surface area contributed by atoms with Gasteiger partial charge in [-0.1, -0.05) is 15.9 Å². The van der Waals surface area contributed by atoms with Gasteiger partial charge >= 0.3 is 0 Å². The van der Waals surface area contributed by atoms with Crippen molar-refractivity contribution in [2.75, 3.05) is 32.4 Å². The fraction of sp³-hybridized carbons (Fsp3) is 0.500. The Morgan fingerprint density at radius 2 is 2.15 bits per heavy atom. The highest BCUT2D eigenvalue weighted by Crippen LogP contribution is 2.31. The molecule has 1 unspecified atom stereocenters. The summed E-state index contributed by atoms with van der Waals surface area (Å²) < 4.78 is 28.6. The van der Waals surface area contributed by atoms with Crippen LogP contribution in [0.2, 0.25) is 0 Å². The molecule has 3 N–H and O–H groups in total. The van der Waals surface area contributed by atoms with Crippen molar-refractivity contribution >= 4 is 47.6 Å². The topological polar surface area (TPSA) is 75.4 Å². The van der Waals surface area contributed by atoms with E-state index in [1.165, 1.54) is 0 Å². The molecule has 1 fully saturated rings. The summed E-state index contributed by atoms with van der Waals surface area (Å²) in [5, 5.41) is 0. The Hall–Kier alpha value is -0.150. The third-order valence-corrected chi connectivity index (χ3v) is 6.24. The van der Waals surface area contributed by atoms with E-state index in [-0.39, 0.29) is 10.6 Å². The Kier molecular flexibility index (Phi) is 5.12. The average molecular weight is 427 g/mol. The lowest BCUT2D eigenvalue weighted by Gasteiger charge is -2.14. The van der Waals surface area contributed by atoms with Crippen molar-refractivity contribution in [3.63, 3.8) is 0 Å². The van der Waals surface area contributed by atoms with E-state index in [4.69, 9.17) is 5.73 Å². The molecule has 1 saturated heterocycles. The van der Waals surface area contributed by atoms with E-state index in [2.05, 4.69) is 41.5 Å². The Labute approximate surface area is 136 Å². The summed E-state index contributed by atoms with van der Waals surface area (Å²) in [4.78, 5) is 2.30. The normalized spacial score (nSPS) is 20.4. The number of nitrogens with zero attached hydrogens (tertiary/aromatic N) is 1. The molecule has 5 nitrogen and oxygen atoms in total. The smallest absolute Gasteiger partial charge is 0.243 e. The van der Waals surface area contributed by atoms with Gasteiger partial charge in [-0.25, -0.2) is 13.1 Å². The van der Waals surface area contributed by atoms with Gasteiger partial charge in [-0.2, -0.15) is 0 Å². The molecule has 0 spiro atoms. The maximum atomic E-state index is 12.4. The Morgan fingerprint density at radius 1 is 1.45 bits per heavy atom. The number of benzene rings is 1. The van der Waals surface area contributed by atoms with Gasteiger partial charge in [-0.15, -0.1) is 0 Å². The van der Waals surface area contributed by atoms with E-state index in [9.17, 15) is 8.42 Å². The molecule has 2 rings (SSSR count). The minimum Gasteiger partial charge on any atom is -0.398 e. The van der Waals surface area contributed by atoms with Gasteiger partial charge in [-0.05, 0) is 54.0 Å². The maximum absolute atomic E-state index is 12.4. The summed E-state index contributed by atoms with van der Waals surface area (Å²) in [5.41, 5.74) is 6.05. The first-order valence-electron chi connectivity index (χ1n) is 6.22. The Balaban J connectivity index is 2.15. The third kappa shape index (κ3) is 3.73. The molecule has 0 radical (unpaired) electrons. The van der Waals surface area contributed by atoms with Crippen LogP contribution in [0.3, 0.4) is 0 Å². The molecule has 0 amide bonds. The van der Waals surface area contributed by atoms with Gasteiger partial charge < -0.3 is 10.6 Å². The second-order valence-electron chi connectivity index (χ2n) is 5.07. The first kappa shape index (κ1) is 16.2. The van der Waals surface area contributed by atoms with Crippen LogP contribution in [0.4, 0.5) is 5.69 Å². The molecular formula is C12H17Br2N3O2S. The summed E-state index contributed by atoms with van der Waals surface area (Å²) in [6, 6.07) is 3.26. The quantitative estimate of drug-likeness (QED) is 0.722. The molecule has 0 aromatic heterocycles. The highest BCUT2D eigenvalue weighted by atomic mass is 79.9. The molecule has 1 aliphatic rings. The number of hydrogen-bond acceptors (Lipinski definition) is 4. The van der Waals surface area contributed by atoms with E-state index < -0.39 is 10.0 Å². The van der Waals surface area contributed by atoms with Crippen LogP contribution in [0.25, 0.3) is 0 Å². The lowest BCUT2D eigenvalue weighted by Crippen LogP contribution is -2.31. The average Bonchev–Trinajstić information content (AvgIpc) is 2.71. The van der Waals surface area contributed by atoms with E-state index >= 15 is 0 Å². The standard InChI is InChI=1S/C12H17Br2N3O2S/c1-17-3-2-8(7-17)6-16-20(18,19)12-10(14)4-9(13)5-11(12)15/h4-5,8,16H,2-3,6-7,15H2,1H3. The van der Waals surface area contributed by atoms with Crippen molar-refractivity contribution in [1.82, 2.24) is 9.62 Å². The molecule has 8 heteroatoms. The highest BCUT2D eigenvalue weighted by Gasteiger charge is 2.25. The van der Waals surface area contributed by atoms with Crippen molar-refractivity contribution in [1.29, 1.82) is 0 Å². The molecule has 0 bridgehead atoms. The molecule has 1 aromatic carbocycles. The fourth-order valence-corrected chi connectivity index (χ4v) is 5.54. The summed E-state index contributed by atoms with van der Waals surface area (Å²) in [6.07, 6.45) is 1.01. The Bertz CT molecular complexity index is 584. The van der Waals surface area contributed by atoms with Crippen molar-refractivity contribution in [2.45, 2.75) is 11.3 Å². The largest absolute Gasteiger partial charge is 0.398 e. The number of sulfonamides is 1. The van der Waals surface area contributed by atoms with Crippen molar-refractivity contribution in [3.8, 4) is 0 Å². The van der Waals surface area contributed by atoms with Crippen LogP contribution in [0.5, 0.6) is 0 Å². The molecule has 1 atom stereocenters. The summed E-state index contributed by atoms with van der Waals surface area (Å²) in [6.45, 7) is 2.37. The number of anilines is 1. The molecule has 20 heavy (non-hydrogen) atoms. The molecular weight excluding hydrogens is 410 g/mol. The van der Waals surface area contributed by atoms with Gasteiger partial charge in [0.1, 0.15) is 4.90 Å². The van der Waals surface area contributed by atoms with Crippen molar-refractivity contribution in [3.05, 3.63) is 21.1 Å². The number of likely N-dealkylation sites (tertiary alicyclic amines) is 1. The lowest BCUT2D eigenvalue weighted by molar-refractivity contribution is 0.394. The number of halogens is 2. The minimum absolute atomic E-state index is 0.104. The van der Waals surface area contributed by atoms with Crippen LogP contribution < -0.4 is 10.5 Å². The van der Waals surface area contributed by atoms with E-state index in [0.717, 1.165) is 24.0 Å². The number of nitrogen functional groups attached to an aromatic ring is 1. The van der Waals surface area contributed by atoms with Gasteiger partial charge in [-0.3, -0.25) is 0 Å². The summed E-state index contributed by atoms with van der Waals surface area (Å²) in [5.74, 6) is 0.352. The third-order valence-electron chi connectivity index (χ3n) is 3.36. The zero-order valence-corrected chi connectivity index (χ0v) is 15.1. The molecule has 112 valence electrons. The second-order valence-corrected chi connectivity index (χ2v) is 8.55. The molecule has 1 aliphatic heterocycles. The van der Waals surface area contributed by atoms with Crippen LogP contribution >= 0.6 is 31.9 Å². The zero-order valence-electron chi connectivity index (χ0n) is 11.1. The predicted octanol–water partition coefficient (Wildman–Crippen LogP) is 2.02. The maximum Gasteiger partial charge on any atom is 0.243 e. The van der Waals surface area contributed by atoms with E-state index in [1.807, 2.05) is 7.05 Å². The molecule has 1 heterocycles. The summed E-state index contributed by atoms with van der Waals surface area (Å²) in [7, 11) is -1.57.